The van der Waals surface area contributed by atoms with Crippen LogP contribution < -0.4 is 9.64 Å². The van der Waals surface area contributed by atoms with Crippen molar-refractivity contribution in [1.29, 1.82) is 0 Å². The Kier molecular flexibility index (Phi) is 4.65. The SMILES string of the molecule is COc1ccc2[nH]c(C)c(C(=O)CN3CCN(c4nccs4)CC3)c2c1. The Labute approximate surface area is 156 Å². The number of nitrogens with one attached hydrogen (secondary N) is 1. The second-order valence-electron chi connectivity index (χ2n) is 6.54. The summed E-state index contributed by atoms with van der Waals surface area (Å²) >= 11 is 1.66. The maximum atomic E-state index is 13.0. The molecule has 0 aliphatic carbocycles. The lowest BCUT2D eigenvalue weighted by atomic mass is 10.1. The van der Waals surface area contributed by atoms with Crippen LogP contribution in [0.15, 0.2) is 29.8 Å². The molecule has 136 valence electrons. The highest BCUT2D eigenvalue weighted by atomic mass is 32.1. The highest BCUT2D eigenvalue weighted by molar-refractivity contribution is 7.13. The number of aryl methyl sites for hydroxylation is 1. The maximum absolute atomic E-state index is 13.0. The van der Waals surface area contributed by atoms with Crippen LogP contribution in [0, 0.1) is 6.92 Å². The predicted molar refractivity (Wildman–Crippen MR) is 105 cm³/mol. The number of piperazine rings is 1. The molecule has 0 unspecified atom stereocenters. The number of aromatic amines is 1. The number of fused-ring (bicyclic) bond motifs is 1. The average Bonchev–Trinajstić information content (AvgIpc) is 3.28. The number of thiazole rings is 1. The fraction of sp³-hybridized carbons (Fsp3) is 0.368. The molecule has 1 aliphatic heterocycles. The lowest BCUT2D eigenvalue weighted by Gasteiger charge is -2.34. The summed E-state index contributed by atoms with van der Waals surface area (Å²) in [7, 11) is 1.64. The lowest BCUT2D eigenvalue weighted by Crippen LogP contribution is -2.48. The Balaban J connectivity index is 1.47. The van der Waals surface area contributed by atoms with E-state index in [1.807, 2.05) is 36.7 Å². The molecule has 4 rings (SSSR count). The van der Waals surface area contributed by atoms with Gasteiger partial charge in [0, 0.05) is 59.9 Å². The molecule has 0 spiro atoms. The molecular formula is C19H22N4O2S. The van der Waals surface area contributed by atoms with Gasteiger partial charge in [0.25, 0.3) is 0 Å². The smallest absolute Gasteiger partial charge is 0.185 e. The number of nitrogens with zero attached hydrogens (tertiary/aromatic N) is 3. The number of carbonyl (C=O) groups excluding carboxylic acids is 1. The van der Waals surface area contributed by atoms with Gasteiger partial charge in [-0.3, -0.25) is 9.69 Å². The molecule has 1 aromatic carbocycles. The number of anilines is 1. The number of carbonyl (C=O) groups is 1. The van der Waals surface area contributed by atoms with E-state index in [1.165, 1.54) is 0 Å². The number of Topliss-reactive ketones (excluding diaryl/α,β-unsaturated/α-hetero) is 1. The minimum Gasteiger partial charge on any atom is -0.497 e. The van der Waals surface area contributed by atoms with Crippen molar-refractivity contribution >= 4 is 33.2 Å². The van der Waals surface area contributed by atoms with Gasteiger partial charge >= 0.3 is 0 Å². The molecule has 26 heavy (non-hydrogen) atoms. The van der Waals surface area contributed by atoms with Crippen molar-refractivity contribution in [2.24, 2.45) is 0 Å². The monoisotopic (exact) mass is 370 g/mol. The third kappa shape index (κ3) is 3.20. The van der Waals surface area contributed by atoms with E-state index in [2.05, 4.69) is 19.8 Å². The van der Waals surface area contributed by atoms with Crippen molar-refractivity contribution in [2.75, 3.05) is 44.7 Å². The molecule has 0 atom stereocenters. The Morgan fingerprint density at radius 1 is 1.31 bits per heavy atom. The number of rotatable bonds is 5. The molecule has 0 radical (unpaired) electrons. The van der Waals surface area contributed by atoms with Crippen molar-refractivity contribution in [2.45, 2.75) is 6.92 Å². The Morgan fingerprint density at radius 3 is 2.81 bits per heavy atom. The fourth-order valence-corrected chi connectivity index (χ4v) is 4.24. The summed E-state index contributed by atoms with van der Waals surface area (Å²) in [5, 5.41) is 4.00. The summed E-state index contributed by atoms with van der Waals surface area (Å²) in [4.78, 5) is 25.2. The summed E-state index contributed by atoms with van der Waals surface area (Å²) in [6, 6.07) is 5.81. The van der Waals surface area contributed by atoms with Gasteiger partial charge in [-0.15, -0.1) is 11.3 Å². The van der Waals surface area contributed by atoms with Crippen molar-refractivity contribution in [3.8, 4) is 5.75 Å². The topological polar surface area (TPSA) is 61.5 Å². The number of benzene rings is 1. The quantitative estimate of drug-likeness (QED) is 0.700. The number of ether oxygens (including phenoxy) is 1. The summed E-state index contributed by atoms with van der Waals surface area (Å²) in [5.41, 5.74) is 2.67. The van der Waals surface area contributed by atoms with Gasteiger partial charge < -0.3 is 14.6 Å². The third-order valence-electron chi connectivity index (χ3n) is 4.90. The minimum absolute atomic E-state index is 0.157. The van der Waals surface area contributed by atoms with Gasteiger partial charge in [-0.05, 0) is 25.1 Å². The van der Waals surface area contributed by atoms with Crippen LogP contribution in [0.1, 0.15) is 16.1 Å². The minimum atomic E-state index is 0.157. The molecule has 2 aromatic heterocycles. The van der Waals surface area contributed by atoms with E-state index >= 15 is 0 Å². The number of H-pyrrole nitrogens is 1. The van der Waals surface area contributed by atoms with E-state index < -0.39 is 0 Å². The number of aromatic nitrogens is 2. The molecular weight excluding hydrogens is 348 g/mol. The zero-order valence-corrected chi connectivity index (χ0v) is 15.8. The molecule has 3 aromatic rings. The van der Waals surface area contributed by atoms with E-state index in [0.29, 0.717) is 6.54 Å². The zero-order valence-electron chi connectivity index (χ0n) is 15.0. The van der Waals surface area contributed by atoms with Crippen molar-refractivity contribution in [3.05, 3.63) is 41.0 Å². The van der Waals surface area contributed by atoms with E-state index in [0.717, 1.165) is 59.2 Å². The molecule has 3 heterocycles. The Hall–Kier alpha value is -2.38. The summed E-state index contributed by atoms with van der Waals surface area (Å²) in [6.45, 7) is 5.95. The van der Waals surface area contributed by atoms with Crippen LogP contribution in [0.4, 0.5) is 5.13 Å². The molecule has 1 N–H and O–H groups in total. The Bertz CT molecular complexity index is 911. The summed E-state index contributed by atoms with van der Waals surface area (Å²) < 4.78 is 5.32. The first-order valence-electron chi connectivity index (χ1n) is 8.72. The van der Waals surface area contributed by atoms with E-state index in [-0.39, 0.29) is 5.78 Å². The molecule has 6 nitrogen and oxygen atoms in total. The summed E-state index contributed by atoms with van der Waals surface area (Å²) in [5.74, 6) is 0.923. The normalized spacial score (nSPS) is 15.5. The van der Waals surface area contributed by atoms with Gasteiger partial charge in [0.05, 0.1) is 13.7 Å². The molecule has 7 heteroatoms. The second kappa shape index (κ2) is 7.09. The van der Waals surface area contributed by atoms with Gasteiger partial charge in [0.1, 0.15) is 5.75 Å². The summed E-state index contributed by atoms with van der Waals surface area (Å²) in [6.07, 6.45) is 1.84. The first kappa shape index (κ1) is 17.1. The van der Waals surface area contributed by atoms with Crippen LogP contribution in [0.2, 0.25) is 0 Å². The fourth-order valence-electron chi connectivity index (χ4n) is 3.54. The molecule has 1 saturated heterocycles. The van der Waals surface area contributed by atoms with Crippen LogP contribution in [-0.4, -0.2) is 60.5 Å². The third-order valence-corrected chi connectivity index (χ3v) is 5.73. The van der Waals surface area contributed by atoms with Crippen LogP contribution in [0.5, 0.6) is 5.75 Å². The average molecular weight is 370 g/mol. The largest absolute Gasteiger partial charge is 0.497 e. The molecule has 0 amide bonds. The van der Waals surface area contributed by atoms with Crippen molar-refractivity contribution in [1.82, 2.24) is 14.9 Å². The van der Waals surface area contributed by atoms with E-state index in [9.17, 15) is 4.79 Å². The first-order valence-corrected chi connectivity index (χ1v) is 9.60. The molecule has 1 fully saturated rings. The van der Waals surface area contributed by atoms with Gasteiger partial charge in [-0.2, -0.15) is 0 Å². The van der Waals surface area contributed by atoms with Crippen LogP contribution in [0.3, 0.4) is 0 Å². The Morgan fingerprint density at radius 2 is 2.12 bits per heavy atom. The first-order chi connectivity index (χ1) is 12.7. The number of hydrogen-bond donors (Lipinski definition) is 1. The van der Waals surface area contributed by atoms with Gasteiger partial charge in [-0.1, -0.05) is 0 Å². The molecule has 1 aliphatic rings. The number of ketones is 1. The zero-order chi connectivity index (χ0) is 18.1. The van der Waals surface area contributed by atoms with E-state index in [4.69, 9.17) is 4.74 Å². The van der Waals surface area contributed by atoms with Gasteiger partial charge in [0.15, 0.2) is 10.9 Å². The maximum Gasteiger partial charge on any atom is 0.185 e. The highest BCUT2D eigenvalue weighted by Crippen LogP contribution is 2.27. The van der Waals surface area contributed by atoms with Crippen LogP contribution >= 0.6 is 11.3 Å². The van der Waals surface area contributed by atoms with Crippen LogP contribution in [0.25, 0.3) is 10.9 Å². The molecule has 0 bridgehead atoms. The lowest BCUT2D eigenvalue weighted by molar-refractivity contribution is 0.0927. The van der Waals surface area contributed by atoms with Gasteiger partial charge in [-0.25, -0.2) is 4.98 Å². The van der Waals surface area contributed by atoms with E-state index in [1.54, 1.807) is 18.4 Å². The second-order valence-corrected chi connectivity index (χ2v) is 7.41. The van der Waals surface area contributed by atoms with Gasteiger partial charge in [0.2, 0.25) is 0 Å². The highest BCUT2D eigenvalue weighted by Gasteiger charge is 2.23. The van der Waals surface area contributed by atoms with Crippen molar-refractivity contribution in [3.63, 3.8) is 0 Å². The predicted octanol–water partition coefficient (Wildman–Crippen LogP) is 2.95. The number of methoxy groups -OCH3 is 1. The van der Waals surface area contributed by atoms with Crippen LogP contribution in [-0.2, 0) is 0 Å². The standard InChI is InChI=1S/C19H22N4O2S/c1-13-18(15-11-14(25-2)3-4-16(15)21-13)17(24)12-22-6-8-23(9-7-22)19-20-5-10-26-19/h3-5,10-11,21H,6-9,12H2,1-2H3. The molecule has 0 saturated carbocycles. The van der Waals surface area contributed by atoms with Crippen molar-refractivity contribution < 1.29 is 9.53 Å². The number of hydrogen-bond acceptors (Lipinski definition) is 6.